The number of piperidine rings is 1. The number of aliphatic hydroxyl groups is 7. The van der Waals surface area contributed by atoms with Gasteiger partial charge in [0.1, 0.15) is 24.9 Å². The Bertz CT molecular complexity index is 1530. The van der Waals surface area contributed by atoms with E-state index in [1.165, 1.54) is 12.3 Å². The van der Waals surface area contributed by atoms with Crippen LogP contribution < -0.4 is 21.1 Å². The van der Waals surface area contributed by atoms with Crippen LogP contribution in [0, 0.1) is 29.1 Å². The van der Waals surface area contributed by atoms with E-state index in [0.29, 0.717) is 38.6 Å². The molecule has 59 heavy (non-hydrogen) atoms. The van der Waals surface area contributed by atoms with Crippen LogP contribution in [-0.4, -0.2) is 161 Å². The molecule has 1 spiro atoms. The number of aliphatic carboxylic acids is 1. The fourth-order valence-corrected chi connectivity index (χ4v) is 9.37. The number of allylic oxidation sites excluding steroid dienone is 1. The van der Waals surface area contributed by atoms with Crippen molar-refractivity contribution in [3.05, 3.63) is 36.6 Å². The van der Waals surface area contributed by atoms with E-state index < -0.39 is 103 Å². The molecule has 334 valence electrons. The van der Waals surface area contributed by atoms with E-state index in [1.54, 1.807) is 26.0 Å². The number of carboxylic acid groups (broad SMARTS) is 1. The standard InChI is InChI=1S/C40H64N4O15/c1-4-25-26(9-8-23-18-44(14-16-46)19-27(34(50)51)31(23)43-38(41)42-13-6-15-45)28(35(52)57-24-10-12-39(17-24)11-5-7-30(39)48)21-55-36(25)59-37-33(56-22(2)3)40(53,54)32(49)29(20-47)58-37/h4,8-9,21-27,29-33,36-37,45-49,53-54H,1,5-7,10-20H2,2-3H3,(H,50,51)(H3,41,42,43)/t23?,24-,25+,26-,27?,29+,30-,31?,32+,33+,36+,37-,39+/m0/s1. The minimum absolute atomic E-state index is 0.0334. The number of likely N-dealkylation sites (tertiary alicyclic amines) is 1. The van der Waals surface area contributed by atoms with E-state index in [-0.39, 0.29) is 49.8 Å². The third-order valence-electron chi connectivity index (χ3n) is 12.5. The molecule has 3 aliphatic heterocycles. The summed E-state index contributed by atoms with van der Waals surface area (Å²) in [5.74, 6) is -8.50. The molecular formula is C40H64N4O15. The van der Waals surface area contributed by atoms with Crippen molar-refractivity contribution in [2.45, 2.75) is 120 Å². The summed E-state index contributed by atoms with van der Waals surface area (Å²) in [5, 5.41) is 88.0. The van der Waals surface area contributed by atoms with Gasteiger partial charge < -0.3 is 85.3 Å². The molecule has 19 heteroatoms. The summed E-state index contributed by atoms with van der Waals surface area (Å²) >= 11 is 0. The summed E-state index contributed by atoms with van der Waals surface area (Å²) in [6, 6.07) is -0.841. The Balaban J connectivity index is 1.49. The smallest absolute Gasteiger partial charge is 0.338 e. The average Bonchev–Trinajstić information content (AvgIpc) is 3.77. The second-order valence-corrected chi connectivity index (χ2v) is 16.8. The van der Waals surface area contributed by atoms with Crippen LogP contribution in [0.2, 0.25) is 0 Å². The molecule has 0 aromatic carbocycles. The number of nitrogens with one attached hydrogen (secondary N) is 2. The Hall–Kier alpha value is -3.21. The Morgan fingerprint density at radius 1 is 1.14 bits per heavy atom. The number of ether oxygens (including phenoxy) is 5. The number of carbonyl (C=O) groups excluding carboxylic acids is 2. The number of quaternary nitrogens is 1. The zero-order valence-electron chi connectivity index (χ0n) is 33.8. The molecule has 0 bridgehead atoms. The van der Waals surface area contributed by atoms with Crippen molar-refractivity contribution < 1.29 is 79.0 Å². The number of aliphatic hydroxyl groups excluding tert-OH is 5. The molecule has 2 aliphatic carbocycles. The van der Waals surface area contributed by atoms with Crippen LogP contribution in [-0.2, 0) is 33.3 Å². The van der Waals surface area contributed by atoms with Gasteiger partial charge in [-0.05, 0) is 57.8 Å². The third kappa shape index (κ3) is 10.8. The molecule has 3 heterocycles. The summed E-state index contributed by atoms with van der Waals surface area (Å²) in [7, 11) is 0. The van der Waals surface area contributed by atoms with E-state index in [0.717, 1.165) is 17.7 Å². The first-order chi connectivity index (χ1) is 28.1. The van der Waals surface area contributed by atoms with Gasteiger partial charge in [-0.25, -0.2) is 4.79 Å². The number of guanidine groups is 1. The maximum atomic E-state index is 14.2. The highest BCUT2D eigenvalue weighted by atomic mass is 16.8. The maximum absolute atomic E-state index is 14.2. The number of esters is 1. The zero-order valence-corrected chi connectivity index (χ0v) is 33.8. The minimum Gasteiger partial charge on any atom is -0.550 e. The lowest BCUT2D eigenvalue weighted by molar-refractivity contribution is -0.911. The lowest BCUT2D eigenvalue weighted by Gasteiger charge is -2.48. The number of aliphatic imine (C=N–C) groups is 1. The number of carbonyl (C=O) groups is 2. The first kappa shape index (κ1) is 46.8. The molecule has 5 aliphatic rings. The van der Waals surface area contributed by atoms with Gasteiger partial charge in [0.25, 0.3) is 0 Å². The Labute approximate surface area is 344 Å². The minimum atomic E-state index is -2.93. The monoisotopic (exact) mass is 840 g/mol. The molecule has 2 saturated heterocycles. The predicted octanol–water partition coefficient (Wildman–Crippen LogP) is -4.07. The summed E-state index contributed by atoms with van der Waals surface area (Å²) in [4.78, 5) is 31.7. The molecular weight excluding hydrogens is 776 g/mol. The van der Waals surface area contributed by atoms with Gasteiger partial charge in [-0.15, -0.1) is 6.58 Å². The van der Waals surface area contributed by atoms with E-state index >= 15 is 0 Å². The molecule has 11 N–H and O–H groups in total. The van der Waals surface area contributed by atoms with Crippen molar-refractivity contribution in [2.75, 3.05) is 46.0 Å². The summed E-state index contributed by atoms with van der Waals surface area (Å²) in [6.45, 7) is 7.03. The second kappa shape index (κ2) is 20.6. The van der Waals surface area contributed by atoms with Gasteiger partial charge in [-0.2, -0.15) is 0 Å². The van der Waals surface area contributed by atoms with E-state index in [2.05, 4.69) is 16.9 Å². The van der Waals surface area contributed by atoms with Crippen LogP contribution in [0.5, 0.6) is 0 Å². The van der Waals surface area contributed by atoms with Crippen LogP contribution >= 0.6 is 0 Å². The van der Waals surface area contributed by atoms with Crippen molar-refractivity contribution in [2.24, 2.45) is 39.8 Å². The van der Waals surface area contributed by atoms with Gasteiger partial charge in [-0.3, -0.25) is 4.99 Å². The summed E-state index contributed by atoms with van der Waals surface area (Å²) in [6.07, 6.45) is 0.972. The van der Waals surface area contributed by atoms with Gasteiger partial charge in [0, 0.05) is 25.0 Å². The number of nitrogens with two attached hydrogens (primary N) is 1. The molecule has 2 saturated carbocycles. The number of carboxylic acids is 1. The zero-order chi connectivity index (χ0) is 43.1. The first-order valence-electron chi connectivity index (χ1n) is 20.7. The van der Waals surface area contributed by atoms with Crippen molar-refractivity contribution in [3.8, 4) is 0 Å². The van der Waals surface area contributed by atoms with Gasteiger partial charge in [0.2, 0.25) is 12.1 Å². The molecule has 0 radical (unpaired) electrons. The molecule has 19 nitrogen and oxygen atoms in total. The number of nitrogens with zero attached hydrogens (tertiary/aromatic N) is 1. The van der Waals surface area contributed by atoms with E-state index in [9.17, 15) is 50.4 Å². The van der Waals surface area contributed by atoms with Gasteiger partial charge >= 0.3 is 5.97 Å². The highest BCUT2D eigenvalue weighted by Gasteiger charge is 2.58. The lowest BCUT2D eigenvalue weighted by atomic mass is 9.79. The molecule has 4 fully saturated rings. The normalized spacial score (nSPS) is 38.6. The molecule has 0 aromatic heterocycles. The lowest BCUT2D eigenvalue weighted by Crippen LogP contribution is -3.16. The quantitative estimate of drug-likeness (QED) is 0.0166. The van der Waals surface area contributed by atoms with Gasteiger partial charge in [0.15, 0.2) is 18.4 Å². The molecule has 14 atom stereocenters. The topological polar surface area (TPSA) is 300 Å². The van der Waals surface area contributed by atoms with Crippen LogP contribution in [0.4, 0.5) is 0 Å². The Morgan fingerprint density at radius 2 is 1.90 bits per heavy atom. The second-order valence-electron chi connectivity index (χ2n) is 16.8. The Kier molecular flexibility index (Phi) is 16.3. The van der Waals surface area contributed by atoms with Crippen molar-refractivity contribution in [1.82, 2.24) is 5.32 Å². The molecule has 4 unspecified atom stereocenters. The summed E-state index contributed by atoms with van der Waals surface area (Å²) in [5.41, 5.74) is 5.95. The first-order valence-corrected chi connectivity index (χ1v) is 20.7. The third-order valence-corrected chi connectivity index (χ3v) is 12.5. The van der Waals surface area contributed by atoms with Crippen LogP contribution in [0.15, 0.2) is 41.6 Å². The Morgan fingerprint density at radius 3 is 2.53 bits per heavy atom. The molecule has 0 aromatic rings. The van der Waals surface area contributed by atoms with Crippen molar-refractivity contribution in [1.29, 1.82) is 0 Å². The number of rotatable bonds is 17. The maximum Gasteiger partial charge on any atom is 0.338 e. The average molecular weight is 841 g/mol. The molecule has 0 amide bonds. The SMILES string of the molecule is C=C[C@H]1[C@@H](O[C@@H]2O[C@H](CO)[C@@H](O)C(O)(O)[C@@H]2OC(C)C)OC=C(C(=O)O[C@H]2CC[C@]3(CCC[C@@H]3O)C2)[C@H]1C=CC1C[NH+](CCO)CC(C(=O)[O-])C1NC(N)=NCCCO. The highest BCUT2D eigenvalue weighted by molar-refractivity contribution is 5.89. The van der Waals surface area contributed by atoms with Gasteiger partial charge in [0.05, 0.1) is 74.2 Å². The molecule has 5 rings (SSSR count). The fourth-order valence-electron chi connectivity index (χ4n) is 9.37. The van der Waals surface area contributed by atoms with Crippen LogP contribution in [0.25, 0.3) is 0 Å². The van der Waals surface area contributed by atoms with Crippen LogP contribution in [0.3, 0.4) is 0 Å². The predicted molar refractivity (Wildman–Crippen MR) is 205 cm³/mol. The summed E-state index contributed by atoms with van der Waals surface area (Å²) < 4.78 is 29.9. The van der Waals surface area contributed by atoms with Crippen LogP contribution in [0.1, 0.15) is 58.8 Å². The highest BCUT2D eigenvalue weighted by Crippen LogP contribution is 2.51. The van der Waals surface area contributed by atoms with Gasteiger partial charge in [-0.1, -0.05) is 24.6 Å². The number of hydrogen-bond acceptors (Lipinski definition) is 16. The largest absolute Gasteiger partial charge is 0.550 e. The number of hydrogen-bond donors (Lipinski definition) is 10. The van der Waals surface area contributed by atoms with Crippen molar-refractivity contribution >= 4 is 17.9 Å². The van der Waals surface area contributed by atoms with E-state index in [1.807, 2.05) is 0 Å². The fraction of sp³-hybridized carbons (Fsp3) is 0.775. The van der Waals surface area contributed by atoms with Crippen molar-refractivity contribution in [3.63, 3.8) is 0 Å². The van der Waals surface area contributed by atoms with E-state index in [4.69, 9.17) is 29.4 Å².